The van der Waals surface area contributed by atoms with E-state index in [0.717, 1.165) is 17.3 Å². The first-order valence-electron chi connectivity index (χ1n) is 4.48. The zero-order valence-corrected chi connectivity index (χ0v) is 10.7. The Morgan fingerprint density at radius 1 is 1.43 bits per heavy atom. The number of aromatic hydroxyl groups is 1. The van der Waals surface area contributed by atoms with E-state index in [9.17, 15) is 5.11 Å². The zero-order valence-electron chi connectivity index (χ0n) is 8.35. The number of phenols is 1. The van der Waals surface area contributed by atoms with Gasteiger partial charge in [0.15, 0.2) is 0 Å². The van der Waals surface area contributed by atoms with E-state index in [-0.39, 0.29) is 11.2 Å². The van der Waals surface area contributed by atoms with Crippen LogP contribution >= 0.6 is 27.5 Å². The molecule has 0 aliphatic rings. The Balaban J connectivity index is 2.97. The zero-order chi connectivity index (χ0) is 10.8. The first kappa shape index (κ1) is 11.9. The minimum atomic E-state index is 0.0997. The van der Waals surface area contributed by atoms with Crippen molar-refractivity contribution in [2.45, 2.75) is 20.3 Å². The van der Waals surface area contributed by atoms with Crippen LogP contribution in [0.4, 0.5) is 0 Å². The van der Waals surface area contributed by atoms with E-state index in [0.29, 0.717) is 5.02 Å². The molecule has 0 aliphatic heterocycles. The van der Waals surface area contributed by atoms with Gasteiger partial charge in [0.1, 0.15) is 5.75 Å². The van der Waals surface area contributed by atoms with Crippen molar-refractivity contribution in [3.63, 3.8) is 0 Å². The monoisotopic (exact) mass is 276 g/mol. The highest BCUT2D eigenvalue weighted by molar-refractivity contribution is 9.09. The van der Waals surface area contributed by atoms with Gasteiger partial charge in [-0.2, -0.15) is 0 Å². The summed E-state index contributed by atoms with van der Waals surface area (Å²) in [4.78, 5) is 0. The van der Waals surface area contributed by atoms with Crippen molar-refractivity contribution in [3.8, 4) is 5.75 Å². The third-order valence-electron chi connectivity index (χ3n) is 2.11. The van der Waals surface area contributed by atoms with Gasteiger partial charge >= 0.3 is 0 Å². The molecule has 0 aromatic heterocycles. The van der Waals surface area contributed by atoms with Crippen LogP contribution in [0.5, 0.6) is 5.75 Å². The fraction of sp³-hybridized carbons (Fsp3) is 0.455. The SMILES string of the molecule is CC(C)(CBr)Cc1c(O)cccc1Cl. The lowest BCUT2D eigenvalue weighted by atomic mass is 9.88. The fourth-order valence-electron chi connectivity index (χ4n) is 1.25. The predicted molar refractivity (Wildman–Crippen MR) is 64.4 cm³/mol. The Bertz CT molecular complexity index is 303. The van der Waals surface area contributed by atoms with Crippen LogP contribution in [0, 0.1) is 5.41 Å². The van der Waals surface area contributed by atoms with E-state index in [4.69, 9.17) is 11.6 Å². The second-order valence-electron chi connectivity index (χ2n) is 4.21. The molecule has 0 fully saturated rings. The van der Waals surface area contributed by atoms with E-state index in [2.05, 4.69) is 29.8 Å². The van der Waals surface area contributed by atoms with Gasteiger partial charge in [0.2, 0.25) is 0 Å². The van der Waals surface area contributed by atoms with Gasteiger partial charge in [-0.25, -0.2) is 0 Å². The Morgan fingerprint density at radius 3 is 2.57 bits per heavy atom. The van der Waals surface area contributed by atoms with E-state index in [1.807, 2.05) is 0 Å². The molecule has 78 valence electrons. The summed E-state index contributed by atoms with van der Waals surface area (Å²) in [7, 11) is 0. The minimum absolute atomic E-state index is 0.0997. The maximum Gasteiger partial charge on any atom is 0.120 e. The maximum absolute atomic E-state index is 9.65. The Kier molecular flexibility index (Phi) is 3.85. The van der Waals surface area contributed by atoms with E-state index in [1.54, 1.807) is 18.2 Å². The molecule has 0 aliphatic carbocycles. The average Bonchev–Trinajstić information content (AvgIpc) is 2.12. The Hall–Kier alpha value is -0.210. The van der Waals surface area contributed by atoms with Gasteiger partial charge in [0, 0.05) is 15.9 Å². The molecule has 0 unspecified atom stereocenters. The van der Waals surface area contributed by atoms with Crippen molar-refractivity contribution in [3.05, 3.63) is 28.8 Å². The van der Waals surface area contributed by atoms with Crippen LogP contribution in [0.2, 0.25) is 5.02 Å². The van der Waals surface area contributed by atoms with Crippen molar-refractivity contribution in [1.82, 2.24) is 0 Å². The van der Waals surface area contributed by atoms with Gasteiger partial charge in [-0.3, -0.25) is 0 Å². The van der Waals surface area contributed by atoms with Crippen LogP contribution in [0.1, 0.15) is 19.4 Å². The summed E-state index contributed by atoms with van der Waals surface area (Å²) >= 11 is 9.47. The Labute approximate surface area is 98.2 Å². The number of rotatable bonds is 3. The van der Waals surface area contributed by atoms with Crippen molar-refractivity contribution in [1.29, 1.82) is 0 Å². The number of hydrogen-bond donors (Lipinski definition) is 1. The standard InChI is InChI=1S/C11H14BrClO/c1-11(2,7-12)6-8-9(13)4-3-5-10(8)14/h3-5,14H,6-7H2,1-2H3. The Morgan fingerprint density at radius 2 is 2.07 bits per heavy atom. The van der Waals surface area contributed by atoms with E-state index >= 15 is 0 Å². The minimum Gasteiger partial charge on any atom is -0.508 e. The molecule has 1 rings (SSSR count). The molecule has 0 heterocycles. The molecule has 3 heteroatoms. The molecular weight excluding hydrogens is 263 g/mol. The van der Waals surface area contributed by atoms with E-state index < -0.39 is 0 Å². The van der Waals surface area contributed by atoms with Crippen LogP contribution in [0.25, 0.3) is 0 Å². The number of hydrogen-bond acceptors (Lipinski definition) is 1. The van der Waals surface area contributed by atoms with Gasteiger partial charge in [0.25, 0.3) is 0 Å². The highest BCUT2D eigenvalue weighted by Gasteiger charge is 2.20. The summed E-state index contributed by atoms with van der Waals surface area (Å²) in [5.41, 5.74) is 0.932. The molecule has 1 N–H and O–H groups in total. The van der Waals surface area contributed by atoms with Crippen LogP contribution in [0.3, 0.4) is 0 Å². The highest BCUT2D eigenvalue weighted by Crippen LogP contribution is 2.33. The molecule has 1 aromatic rings. The first-order chi connectivity index (χ1) is 6.46. The third-order valence-corrected chi connectivity index (χ3v) is 3.98. The van der Waals surface area contributed by atoms with Gasteiger partial charge in [-0.15, -0.1) is 0 Å². The molecule has 1 aromatic carbocycles. The molecule has 0 bridgehead atoms. The molecule has 0 radical (unpaired) electrons. The molecule has 1 nitrogen and oxygen atoms in total. The van der Waals surface area contributed by atoms with Crippen molar-refractivity contribution < 1.29 is 5.11 Å². The van der Waals surface area contributed by atoms with Crippen molar-refractivity contribution in [2.24, 2.45) is 5.41 Å². The summed E-state index contributed by atoms with van der Waals surface area (Å²) in [5, 5.41) is 11.2. The van der Waals surface area contributed by atoms with Crippen LogP contribution in [-0.4, -0.2) is 10.4 Å². The number of benzene rings is 1. The fourth-order valence-corrected chi connectivity index (χ4v) is 1.68. The normalized spacial score (nSPS) is 11.7. The van der Waals surface area contributed by atoms with Gasteiger partial charge in [-0.1, -0.05) is 47.4 Å². The summed E-state index contributed by atoms with van der Waals surface area (Å²) in [6.07, 6.45) is 0.768. The third kappa shape index (κ3) is 2.89. The molecule has 14 heavy (non-hydrogen) atoms. The molecule has 0 saturated heterocycles. The van der Waals surface area contributed by atoms with Gasteiger partial charge < -0.3 is 5.11 Å². The molecule has 0 saturated carbocycles. The summed E-state index contributed by atoms with van der Waals surface area (Å²) in [5.74, 6) is 0.284. The lowest BCUT2D eigenvalue weighted by Gasteiger charge is -2.22. The largest absolute Gasteiger partial charge is 0.508 e. The second kappa shape index (κ2) is 4.54. The highest BCUT2D eigenvalue weighted by atomic mass is 79.9. The lowest BCUT2D eigenvalue weighted by Crippen LogP contribution is -2.16. The predicted octanol–water partition coefficient (Wildman–Crippen LogP) is 4.01. The van der Waals surface area contributed by atoms with Crippen molar-refractivity contribution in [2.75, 3.05) is 5.33 Å². The quantitative estimate of drug-likeness (QED) is 0.828. The van der Waals surface area contributed by atoms with Gasteiger partial charge in [-0.05, 0) is 24.0 Å². The average molecular weight is 278 g/mol. The molecular formula is C11H14BrClO. The topological polar surface area (TPSA) is 20.2 Å². The summed E-state index contributed by atoms with van der Waals surface area (Å²) < 4.78 is 0. The van der Waals surface area contributed by atoms with E-state index in [1.165, 1.54) is 0 Å². The first-order valence-corrected chi connectivity index (χ1v) is 5.98. The van der Waals surface area contributed by atoms with Crippen LogP contribution in [0.15, 0.2) is 18.2 Å². The second-order valence-corrected chi connectivity index (χ2v) is 5.18. The molecule has 0 amide bonds. The molecule has 0 atom stereocenters. The number of phenolic OH excluding ortho intramolecular Hbond substituents is 1. The van der Waals surface area contributed by atoms with Crippen molar-refractivity contribution >= 4 is 27.5 Å². The van der Waals surface area contributed by atoms with Crippen LogP contribution in [-0.2, 0) is 6.42 Å². The smallest absolute Gasteiger partial charge is 0.120 e. The summed E-state index contributed by atoms with van der Waals surface area (Å²) in [6.45, 7) is 4.26. The van der Waals surface area contributed by atoms with Crippen LogP contribution < -0.4 is 0 Å². The number of halogens is 2. The summed E-state index contributed by atoms with van der Waals surface area (Å²) in [6, 6.07) is 5.23. The lowest BCUT2D eigenvalue weighted by molar-refractivity contribution is 0.405. The van der Waals surface area contributed by atoms with Gasteiger partial charge in [0.05, 0.1) is 0 Å². The molecule has 0 spiro atoms. The number of alkyl halides is 1. The maximum atomic E-state index is 9.65.